The van der Waals surface area contributed by atoms with Gasteiger partial charge in [0.25, 0.3) is 5.91 Å². The van der Waals surface area contributed by atoms with E-state index in [2.05, 4.69) is 5.32 Å². The zero-order valence-electron chi connectivity index (χ0n) is 10.1. The van der Waals surface area contributed by atoms with Crippen LogP contribution < -0.4 is 5.32 Å². The van der Waals surface area contributed by atoms with Crippen LogP contribution in [0.4, 0.5) is 0 Å². The highest BCUT2D eigenvalue weighted by atomic mass is 16.5. The first kappa shape index (κ1) is 12.6. The normalized spacial score (nSPS) is 18.2. The smallest absolute Gasteiger partial charge is 0.289 e. The minimum absolute atomic E-state index is 0.0715. The van der Waals surface area contributed by atoms with Gasteiger partial charge in [-0.2, -0.15) is 0 Å². The number of ether oxygens (including phenoxy) is 1. The second kappa shape index (κ2) is 6.20. The number of carbonyl (C=O) groups excluding carboxylic acids is 2. The number of carbonyl (C=O) groups is 2. The predicted octanol–water partition coefficient (Wildman–Crippen LogP) is 0.258. The quantitative estimate of drug-likeness (QED) is 0.778. The van der Waals surface area contributed by atoms with Crippen LogP contribution in [0.5, 0.6) is 0 Å². The van der Waals surface area contributed by atoms with Crippen molar-refractivity contribution in [3.05, 3.63) is 24.2 Å². The number of hydrogen-bond acceptors (Lipinski definition) is 4. The summed E-state index contributed by atoms with van der Waals surface area (Å²) >= 11 is 0. The number of rotatable bonds is 1. The lowest BCUT2D eigenvalue weighted by atomic mass is 10.3. The molecule has 1 saturated heterocycles. The summed E-state index contributed by atoms with van der Waals surface area (Å²) in [7, 11) is 0. The van der Waals surface area contributed by atoms with Gasteiger partial charge in [0.15, 0.2) is 5.76 Å². The molecule has 0 aromatic carbocycles. The summed E-state index contributed by atoms with van der Waals surface area (Å²) < 4.78 is 10.4. The molecule has 0 aliphatic carbocycles. The molecule has 0 atom stereocenters. The fourth-order valence-electron chi connectivity index (χ4n) is 1.74. The van der Waals surface area contributed by atoms with Crippen molar-refractivity contribution in [2.45, 2.75) is 6.42 Å². The number of nitrogens with one attached hydrogen (secondary N) is 1. The van der Waals surface area contributed by atoms with E-state index in [0.29, 0.717) is 39.3 Å². The number of hydrogen-bond donors (Lipinski definition) is 1. The van der Waals surface area contributed by atoms with Crippen molar-refractivity contribution in [1.29, 1.82) is 0 Å². The van der Waals surface area contributed by atoms with Crippen LogP contribution >= 0.6 is 0 Å². The van der Waals surface area contributed by atoms with Gasteiger partial charge >= 0.3 is 0 Å². The minimum Gasteiger partial charge on any atom is -0.459 e. The molecule has 2 rings (SSSR count). The summed E-state index contributed by atoms with van der Waals surface area (Å²) in [5.74, 6) is 0.00202. The van der Waals surface area contributed by atoms with E-state index in [0.717, 1.165) is 0 Å². The summed E-state index contributed by atoms with van der Waals surface area (Å²) in [5.41, 5.74) is 0. The SMILES string of the molecule is O=C1CCN(C(=O)c2ccco2)CCOCCN1. The molecule has 0 bridgehead atoms. The van der Waals surface area contributed by atoms with Crippen LogP contribution in [0, 0.1) is 0 Å². The molecule has 6 nitrogen and oxygen atoms in total. The Morgan fingerprint density at radius 3 is 3.00 bits per heavy atom. The molecule has 0 spiro atoms. The van der Waals surface area contributed by atoms with Gasteiger partial charge in [0.2, 0.25) is 5.91 Å². The summed E-state index contributed by atoms with van der Waals surface area (Å²) in [6.45, 7) is 2.28. The van der Waals surface area contributed by atoms with E-state index < -0.39 is 0 Å². The van der Waals surface area contributed by atoms with E-state index >= 15 is 0 Å². The van der Waals surface area contributed by atoms with Gasteiger partial charge in [-0.1, -0.05) is 0 Å². The lowest BCUT2D eigenvalue weighted by molar-refractivity contribution is -0.121. The number of furan rings is 1. The lowest BCUT2D eigenvalue weighted by Crippen LogP contribution is -2.39. The zero-order valence-corrected chi connectivity index (χ0v) is 10.1. The standard InChI is InChI=1S/C12H16N2O4/c15-11-3-5-14(6-9-17-8-4-13-11)12(16)10-2-1-7-18-10/h1-2,7H,3-6,8-9H2,(H,13,15). The molecule has 6 heteroatoms. The first-order valence-corrected chi connectivity index (χ1v) is 5.94. The highest BCUT2D eigenvalue weighted by Gasteiger charge is 2.19. The van der Waals surface area contributed by atoms with Crippen LogP contribution in [-0.2, 0) is 9.53 Å². The molecular weight excluding hydrogens is 236 g/mol. The number of amides is 2. The molecule has 2 heterocycles. The van der Waals surface area contributed by atoms with E-state index in [4.69, 9.17) is 9.15 Å². The molecule has 1 aliphatic heterocycles. The lowest BCUT2D eigenvalue weighted by Gasteiger charge is -2.22. The van der Waals surface area contributed by atoms with E-state index in [-0.39, 0.29) is 17.6 Å². The van der Waals surface area contributed by atoms with Crippen LogP contribution in [0.3, 0.4) is 0 Å². The van der Waals surface area contributed by atoms with Crippen LogP contribution in [0.25, 0.3) is 0 Å². The minimum atomic E-state index is -0.211. The maximum absolute atomic E-state index is 12.1. The number of nitrogens with zero attached hydrogens (tertiary/aromatic N) is 1. The van der Waals surface area contributed by atoms with Gasteiger partial charge in [0, 0.05) is 26.1 Å². The highest BCUT2D eigenvalue weighted by molar-refractivity contribution is 5.91. The van der Waals surface area contributed by atoms with Crippen LogP contribution in [0.1, 0.15) is 17.0 Å². The third-order valence-corrected chi connectivity index (χ3v) is 2.70. The molecule has 1 fully saturated rings. The van der Waals surface area contributed by atoms with Gasteiger partial charge < -0.3 is 19.4 Å². The monoisotopic (exact) mass is 252 g/mol. The van der Waals surface area contributed by atoms with Crippen molar-refractivity contribution in [3.8, 4) is 0 Å². The molecule has 1 aliphatic rings. The molecule has 0 radical (unpaired) electrons. The second-order valence-electron chi connectivity index (χ2n) is 3.98. The van der Waals surface area contributed by atoms with Crippen LogP contribution in [0.15, 0.2) is 22.8 Å². The van der Waals surface area contributed by atoms with Crippen molar-refractivity contribution < 1.29 is 18.7 Å². The highest BCUT2D eigenvalue weighted by Crippen LogP contribution is 2.06. The average Bonchev–Trinajstić information content (AvgIpc) is 2.90. The molecule has 0 saturated carbocycles. The molecule has 1 aromatic heterocycles. The van der Waals surface area contributed by atoms with Gasteiger partial charge in [0.05, 0.1) is 19.5 Å². The predicted molar refractivity (Wildman–Crippen MR) is 63.1 cm³/mol. The fraction of sp³-hybridized carbons (Fsp3) is 0.500. The summed E-state index contributed by atoms with van der Waals surface area (Å²) in [4.78, 5) is 25.1. The van der Waals surface area contributed by atoms with Gasteiger partial charge in [-0.3, -0.25) is 9.59 Å². The van der Waals surface area contributed by atoms with Crippen molar-refractivity contribution in [3.63, 3.8) is 0 Å². The van der Waals surface area contributed by atoms with E-state index in [1.807, 2.05) is 0 Å². The van der Waals surface area contributed by atoms with Gasteiger partial charge in [-0.05, 0) is 12.1 Å². The molecule has 18 heavy (non-hydrogen) atoms. The van der Waals surface area contributed by atoms with E-state index in [1.165, 1.54) is 6.26 Å². The Morgan fingerprint density at radius 2 is 2.22 bits per heavy atom. The van der Waals surface area contributed by atoms with Crippen molar-refractivity contribution in [1.82, 2.24) is 10.2 Å². The Balaban J connectivity index is 1.99. The van der Waals surface area contributed by atoms with Gasteiger partial charge in [0.1, 0.15) is 0 Å². The molecule has 1 N–H and O–H groups in total. The largest absolute Gasteiger partial charge is 0.459 e. The van der Waals surface area contributed by atoms with Crippen molar-refractivity contribution >= 4 is 11.8 Å². The van der Waals surface area contributed by atoms with Gasteiger partial charge in [-0.25, -0.2) is 0 Å². The van der Waals surface area contributed by atoms with Gasteiger partial charge in [-0.15, -0.1) is 0 Å². The Hall–Kier alpha value is -1.82. The summed E-state index contributed by atoms with van der Waals surface area (Å²) in [5, 5.41) is 2.72. The molecule has 1 aromatic rings. The Labute approximate surface area is 105 Å². The molecule has 2 amide bonds. The van der Waals surface area contributed by atoms with E-state index in [9.17, 15) is 9.59 Å². The Bertz CT molecular complexity index is 402. The summed E-state index contributed by atoms with van der Waals surface area (Å²) in [6.07, 6.45) is 1.75. The molecule has 98 valence electrons. The maximum Gasteiger partial charge on any atom is 0.289 e. The zero-order chi connectivity index (χ0) is 12.8. The van der Waals surface area contributed by atoms with Crippen LogP contribution in [-0.4, -0.2) is 49.6 Å². The van der Waals surface area contributed by atoms with Crippen molar-refractivity contribution in [2.75, 3.05) is 32.8 Å². The Morgan fingerprint density at radius 1 is 1.33 bits per heavy atom. The maximum atomic E-state index is 12.1. The average molecular weight is 252 g/mol. The topological polar surface area (TPSA) is 71.8 Å². The van der Waals surface area contributed by atoms with E-state index in [1.54, 1.807) is 17.0 Å². The fourth-order valence-corrected chi connectivity index (χ4v) is 1.74. The summed E-state index contributed by atoms with van der Waals surface area (Å²) in [6, 6.07) is 3.28. The molecule has 0 unspecified atom stereocenters. The third kappa shape index (κ3) is 3.33. The van der Waals surface area contributed by atoms with Crippen molar-refractivity contribution in [2.24, 2.45) is 0 Å². The molecular formula is C12H16N2O4. The second-order valence-corrected chi connectivity index (χ2v) is 3.98. The first-order chi connectivity index (χ1) is 8.77. The first-order valence-electron chi connectivity index (χ1n) is 5.94. The van der Waals surface area contributed by atoms with Crippen LogP contribution in [0.2, 0.25) is 0 Å². The Kier molecular flexibility index (Phi) is 4.35. The third-order valence-electron chi connectivity index (χ3n) is 2.70.